The van der Waals surface area contributed by atoms with E-state index in [4.69, 9.17) is 0 Å². The van der Waals surface area contributed by atoms with Crippen molar-refractivity contribution in [1.29, 1.82) is 0 Å². The average molecular weight is 264 g/mol. The highest BCUT2D eigenvalue weighted by Gasteiger charge is 2.10. The zero-order valence-corrected chi connectivity index (χ0v) is 11.3. The Morgan fingerprint density at radius 2 is 1.55 bits per heavy atom. The van der Waals surface area contributed by atoms with E-state index >= 15 is 0 Å². The predicted octanol–water partition coefficient (Wildman–Crippen LogP) is 4.34. The van der Waals surface area contributed by atoms with Crippen LogP contribution in [-0.4, -0.2) is 11.1 Å². The Morgan fingerprint density at radius 1 is 1.00 bits per heavy atom. The lowest BCUT2D eigenvalue weighted by atomic mass is 10.00. The molecule has 1 N–H and O–H groups in total. The molecule has 0 aliphatic rings. The van der Waals surface area contributed by atoms with Gasteiger partial charge in [0.15, 0.2) is 0 Å². The standard InChI is InChI=1S/C18H16O2/c1-13(2)15-8-10-16(11-9-15)17(18(19)20)12-14-6-4-3-5-7-14/h3-12H,1H2,2H3,(H,19,20). The normalized spacial score (nSPS) is 11.2. The second-order valence-corrected chi connectivity index (χ2v) is 4.63. The number of allylic oxidation sites excluding steroid dienone is 1. The summed E-state index contributed by atoms with van der Waals surface area (Å²) in [6, 6.07) is 16.8. The van der Waals surface area contributed by atoms with Gasteiger partial charge in [-0.3, -0.25) is 0 Å². The number of hydrogen-bond donors (Lipinski definition) is 1. The van der Waals surface area contributed by atoms with Gasteiger partial charge in [0.25, 0.3) is 0 Å². The van der Waals surface area contributed by atoms with Crippen LogP contribution in [0.25, 0.3) is 17.2 Å². The summed E-state index contributed by atoms with van der Waals surface area (Å²) in [5.74, 6) is -0.933. The number of hydrogen-bond acceptors (Lipinski definition) is 1. The smallest absolute Gasteiger partial charge is 0.336 e. The largest absolute Gasteiger partial charge is 0.478 e. The molecule has 2 heteroatoms. The minimum Gasteiger partial charge on any atom is -0.478 e. The third-order valence-corrected chi connectivity index (χ3v) is 3.03. The molecule has 100 valence electrons. The Labute approximate surface area is 118 Å². The van der Waals surface area contributed by atoms with Gasteiger partial charge in [0.1, 0.15) is 0 Å². The van der Waals surface area contributed by atoms with Crippen molar-refractivity contribution in [3.8, 4) is 0 Å². The summed E-state index contributed by atoms with van der Waals surface area (Å²) >= 11 is 0. The van der Waals surface area contributed by atoms with Crippen LogP contribution in [-0.2, 0) is 4.79 Å². The number of aliphatic carboxylic acids is 1. The van der Waals surface area contributed by atoms with E-state index in [9.17, 15) is 9.90 Å². The van der Waals surface area contributed by atoms with Gasteiger partial charge in [-0.1, -0.05) is 66.7 Å². The lowest BCUT2D eigenvalue weighted by Crippen LogP contribution is -1.99. The molecule has 0 aromatic heterocycles. The molecule has 2 aromatic rings. The molecule has 0 radical (unpaired) electrons. The van der Waals surface area contributed by atoms with Gasteiger partial charge in [-0.2, -0.15) is 0 Å². The van der Waals surface area contributed by atoms with Gasteiger partial charge in [-0.25, -0.2) is 4.79 Å². The van der Waals surface area contributed by atoms with Crippen LogP contribution in [0.5, 0.6) is 0 Å². The first-order valence-corrected chi connectivity index (χ1v) is 6.34. The fourth-order valence-electron chi connectivity index (χ4n) is 1.92. The first-order chi connectivity index (χ1) is 9.58. The molecule has 0 unspecified atom stereocenters. The Hall–Kier alpha value is -2.61. The fourth-order valence-corrected chi connectivity index (χ4v) is 1.92. The SMILES string of the molecule is C=C(C)c1ccc(C(=Cc2ccccc2)C(=O)O)cc1. The quantitative estimate of drug-likeness (QED) is 0.658. The average Bonchev–Trinajstić information content (AvgIpc) is 2.45. The van der Waals surface area contributed by atoms with Crippen molar-refractivity contribution in [3.63, 3.8) is 0 Å². The second kappa shape index (κ2) is 6.02. The van der Waals surface area contributed by atoms with E-state index < -0.39 is 5.97 Å². The van der Waals surface area contributed by atoms with Crippen LogP contribution in [0, 0.1) is 0 Å². The molecule has 0 heterocycles. The van der Waals surface area contributed by atoms with Crippen molar-refractivity contribution in [2.75, 3.05) is 0 Å². The second-order valence-electron chi connectivity index (χ2n) is 4.63. The van der Waals surface area contributed by atoms with E-state index in [0.717, 1.165) is 16.7 Å². The highest BCUT2D eigenvalue weighted by Crippen LogP contribution is 2.21. The van der Waals surface area contributed by atoms with E-state index in [1.165, 1.54) is 0 Å². The maximum absolute atomic E-state index is 11.4. The van der Waals surface area contributed by atoms with Crippen LogP contribution in [0.1, 0.15) is 23.6 Å². The molecule has 0 saturated heterocycles. The summed E-state index contributed by atoms with van der Waals surface area (Å²) in [7, 11) is 0. The third-order valence-electron chi connectivity index (χ3n) is 3.03. The molecule has 2 rings (SSSR count). The molecule has 0 aliphatic heterocycles. The minimum atomic E-state index is -0.933. The van der Waals surface area contributed by atoms with E-state index in [2.05, 4.69) is 6.58 Å². The lowest BCUT2D eigenvalue weighted by Gasteiger charge is -2.05. The number of carbonyl (C=O) groups is 1. The van der Waals surface area contributed by atoms with Crippen molar-refractivity contribution >= 4 is 23.2 Å². The Morgan fingerprint density at radius 3 is 2.05 bits per heavy atom. The number of carboxylic acid groups (broad SMARTS) is 1. The molecule has 2 aromatic carbocycles. The van der Waals surface area contributed by atoms with Crippen molar-refractivity contribution in [1.82, 2.24) is 0 Å². The number of benzene rings is 2. The van der Waals surface area contributed by atoms with Crippen LogP contribution in [0.4, 0.5) is 0 Å². The lowest BCUT2D eigenvalue weighted by molar-refractivity contribution is -0.130. The van der Waals surface area contributed by atoms with Crippen molar-refractivity contribution in [2.24, 2.45) is 0 Å². The van der Waals surface area contributed by atoms with Gasteiger partial charge in [0, 0.05) is 0 Å². The van der Waals surface area contributed by atoms with Crippen molar-refractivity contribution < 1.29 is 9.90 Å². The molecule has 0 amide bonds. The van der Waals surface area contributed by atoms with Crippen LogP contribution in [0.15, 0.2) is 61.2 Å². The first kappa shape index (κ1) is 13.8. The monoisotopic (exact) mass is 264 g/mol. The number of rotatable bonds is 4. The van der Waals surface area contributed by atoms with Gasteiger partial charge in [0.2, 0.25) is 0 Å². The zero-order chi connectivity index (χ0) is 14.5. The van der Waals surface area contributed by atoms with Crippen LogP contribution in [0.2, 0.25) is 0 Å². The van der Waals surface area contributed by atoms with E-state index in [1.807, 2.05) is 61.5 Å². The molecular weight excluding hydrogens is 248 g/mol. The number of carboxylic acids is 1. The summed E-state index contributed by atoms with van der Waals surface area (Å²) in [5, 5.41) is 9.38. The van der Waals surface area contributed by atoms with E-state index in [1.54, 1.807) is 6.08 Å². The third kappa shape index (κ3) is 3.23. The molecule has 2 nitrogen and oxygen atoms in total. The zero-order valence-electron chi connectivity index (χ0n) is 11.3. The molecule has 0 atom stereocenters. The van der Waals surface area contributed by atoms with Gasteiger partial charge in [0.05, 0.1) is 5.57 Å². The van der Waals surface area contributed by atoms with E-state index in [-0.39, 0.29) is 5.57 Å². The van der Waals surface area contributed by atoms with E-state index in [0.29, 0.717) is 5.56 Å². The highest BCUT2D eigenvalue weighted by molar-refractivity contribution is 6.20. The Bertz CT molecular complexity index is 650. The van der Waals surface area contributed by atoms with Crippen LogP contribution in [0.3, 0.4) is 0 Å². The fraction of sp³-hybridized carbons (Fsp3) is 0.0556. The van der Waals surface area contributed by atoms with Gasteiger partial charge in [-0.05, 0) is 29.7 Å². The van der Waals surface area contributed by atoms with Gasteiger partial charge < -0.3 is 5.11 Å². The van der Waals surface area contributed by atoms with Gasteiger partial charge in [-0.15, -0.1) is 0 Å². The summed E-state index contributed by atoms with van der Waals surface area (Å²) < 4.78 is 0. The molecule has 0 saturated carbocycles. The maximum atomic E-state index is 11.4. The topological polar surface area (TPSA) is 37.3 Å². The molecule has 0 bridgehead atoms. The summed E-state index contributed by atoms with van der Waals surface area (Å²) in [4.78, 5) is 11.4. The maximum Gasteiger partial charge on any atom is 0.336 e. The van der Waals surface area contributed by atoms with Crippen LogP contribution < -0.4 is 0 Å². The highest BCUT2D eigenvalue weighted by atomic mass is 16.4. The van der Waals surface area contributed by atoms with Crippen molar-refractivity contribution in [3.05, 3.63) is 77.9 Å². The minimum absolute atomic E-state index is 0.282. The summed E-state index contributed by atoms with van der Waals surface area (Å²) in [5.41, 5.74) is 3.81. The Balaban J connectivity index is 2.41. The molecule has 20 heavy (non-hydrogen) atoms. The molecule has 0 fully saturated rings. The molecule has 0 aliphatic carbocycles. The summed E-state index contributed by atoms with van der Waals surface area (Å²) in [6.07, 6.45) is 1.68. The first-order valence-electron chi connectivity index (χ1n) is 6.34. The van der Waals surface area contributed by atoms with Crippen LogP contribution >= 0.6 is 0 Å². The molecule has 0 spiro atoms. The Kier molecular flexibility index (Phi) is 4.16. The predicted molar refractivity (Wildman–Crippen MR) is 83.1 cm³/mol. The van der Waals surface area contributed by atoms with Gasteiger partial charge >= 0.3 is 5.97 Å². The summed E-state index contributed by atoms with van der Waals surface area (Å²) in [6.45, 7) is 5.80. The molecular formula is C18H16O2. The van der Waals surface area contributed by atoms with Crippen molar-refractivity contribution in [2.45, 2.75) is 6.92 Å².